The topological polar surface area (TPSA) is 90.1 Å². The van der Waals surface area contributed by atoms with Crippen molar-refractivity contribution < 1.29 is 22.7 Å². The number of ether oxygens (including phenoxy) is 1. The molecule has 0 spiro atoms. The Balaban J connectivity index is 2.05. The highest BCUT2D eigenvalue weighted by Gasteiger charge is 2.29. The molecular formula is C17H19F3N4O2. The van der Waals surface area contributed by atoms with Crippen LogP contribution >= 0.6 is 0 Å². The number of halogens is 3. The first-order valence-electron chi connectivity index (χ1n) is 7.79. The van der Waals surface area contributed by atoms with E-state index in [9.17, 15) is 18.0 Å². The summed E-state index contributed by atoms with van der Waals surface area (Å²) in [5.74, 6) is 0.206. The molecule has 0 saturated carbocycles. The maximum atomic E-state index is 12.2. The number of rotatable bonds is 7. The zero-order valence-corrected chi connectivity index (χ0v) is 14.3. The number of nitrogens with one attached hydrogen (secondary N) is 1. The standard InChI is InChI=1S/C17H19F3N4O2/c1-10-5-13(6-24-16(10)26-9-17(18,19)20)11(2)23-7-14-12(8-25)3-4-22-15(14)21/h3-6,8,11,23H,7,9H2,1-2H3,(H2,21,22). The maximum Gasteiger partial charge on any atom is 0.422 e. The molecule has 0 saturated heterocycles. The van der Waals surface area contributed by atoms with Crippen LogP contribution in [0.5, 0.6) is 5.88 Å². The van der Waals surface area contributed by atoms with Crippen molar-refractivity contribution >= 4 is 12.1 Å². The molecule has 2 heterocycles. The Morgan fingerprint density at radius 1 is 1.38 bits per heavy atom. The van der Waals surface area contributed by atoms with Crippen LogP contribution in [-0.4, -0.2) is 29.0 Å². The average molecular weight is 368 g/mol. The van der Waals surface area contributed by atoms with Crippen molar-refractivity contribution in [3.8, 4) is 5.88 Å². The van der Waals surface area contributed by atoms with Crippen molar-refractivity contribution in [3.63, 3.8) is 0 Å². The first kappa shape index (κ1) is 19.6. The molecule has 3 N–H and O–H groups in total. The van der Waals surface area contributed by atoms with Gasteiger partial charge in [0.15, 0.2) is 12.9 Å². The minimum atomic E-state index is -4.42. The van der Waals surface area contributed by atoms with Gasteiger partial charge in [0.25, 0.3) is 0 Å². The monoisotopic (exact) mass is 368 g/mol. The van der Waals surface area contributed by atoms with Crippen LogP contribution in [0.25, 0.3) is 0 Å². The number of alkyl halides is 3. The molecule has 0 aliphatic heterocycles. The summed E-state index contributed by atoms with van der Waals surface area (Å²) in [7, 11) is 0. The number of nitrogens with zero attached hydrogens (tertiary/aromatic N) is 2. The summed E-state index contributed by atoms with van der Waals surface area (Å²) < 4.78 is 41.4. The molecular weight excluding hydrogens is 349 g/mol. The number of anilines is 1. The normalized spacial score (nSPS) is 12.7. The lowest BCUT2D eigenvalue weighted by molar-refractivity contribution is -0.154. The number of carbonyl (C=O) groups excluding carboxylic acids is 1. The van der Waals surface area contributed by atoms with E-state index >= 15 is 0 Å². The van der Waals surface area contributed by atoms with E-state index in [1.807, 2.05) is 6.92 Å². The molecule has 0 aliphatic rings. The first-order chi connectivity index (χ1) is 12.2. The van der Waals surface area contributed by atoms with Gasteiger partial charge in [-0.3, -0.25) is 4.79 Å². The van der Waals surface area contributed by atoms with Crippen LogP contribution in [0.15, 0.2) is 24.5 Å². The molecule has 0 radical (unpaired) electrons. The summed E-state index contributed by atoms with van der Waals surface area (Å²) in [6.45, 7) is 2.40. The van der Waals surface area contributed by atoms with Gasteiger partial charge < -0.3 is 15.8 Å². The van der Waals surface area contributed by atoms with Gasteiger partial charge >= 0.3 is 6.18 Å². The quantitative estimate of drug-likeness (QED) is 0.731. The van der Waals surface area contributed by atoms with Crippen LogP contribution in [-0.2, 0) is 6.54 Å². The SMILES string of the molecule is Cc1cc(C(C)NCc2c(C=O)ccnc2N)cnc1OCC(F)(F)F. The zero-order chi connectivity index (χ0) is 19.3. The second-order valence-electron chi connectivity index (χ2n) is 5.78. The van der Waals surface area contributed by atoms with E-state index < -0.39 is 12.8 Å². The van der Waals surface area contributed by atoms with Crippen LogP contribution in [0.4, 0.5) is 19.0 Å². The number of aromatic nitrogens is 2. The second kappa shape index (κ2) is 8.13. The Bertz CT molecular complexity index is 781. The van der Waals surface area contributed by atoms with E-state index in [-0.39, 0.29) is 17.7 Å². The summed E-state index contributed by atoms with van der Waals surface area (Å²) in [5.41, 5.74) is 8.09. The van der Waals surface area contributed by atoms with E-state index in [1.54, 1.807) is 19.1 Å². The van der Waals surface area contributed by atoms with Gasteiger partial charge in [0.1, 0.15) is 5.82 Å². The number of nitrogen functional groups attached to an aromatic ring is 1. The van der Waals surface area contributed by atoms with Gasteiger partial charge in [-0.2, -0.15) is 13.2 Å². The molecule has 1 unspecified atom stereocenters. The summed E-state index contributed by atoms with van der Waals surface area (Å²) >= 11 is 0. The molecule has 2 rings (SSSR count). The van der Waals surface area contributed by atoms with Crippen molar-refractivity contribution in [2.24, 2.45) is 0 Å². The Labute approximate surface area is 148 Å². The van der Waals surface area contributed by atoms with Crippen molar-refractivity contribution in [2.45, 2.75) is 32.6 Å². The highest BCUT2D eigenvalue weighted by atomic mass is 19.4. The van der Waals surface area contributed by atoms with E-state index in [0.29, 0.717) is 29.5 Å². The lowest BCUT2D eigenvalue weighted by atomic mass is 10.1. The minimum absolute atomic E-state index is 0.0574. The van der Waals surface area contributed by atoms with E-state index in [4.69, 9.17) is 10.5 Å². The lowest BCUT2D eigenvalue weighted by Gasteiger charge is -2.17. The third-order valence-electron chi connectivity index (χ3n) is 3.76. The number of aryl methyl sites for hydroxylation is 1. The molecule has 6 nitrogen and oxygen atoms in total. The number of hydrogen-bond donors (Lipinski definition) is 2. The van der Waals surface area contributed by atoms with Crippen LogP contribution in [0.1, 0.15) is 40.0 Å². The highest BCUT2D eigenvalue weighted by molar-refractivity contribution is 5.79. The van der Waals surface area contributed by atoms with Gasteiger partial charge in [0.2, 0.25) is 5.88 Å². The van der Waals surface area contributed by atoms with Crippen LogP contribution in [0, 0.1) is 6.92 Å². The van der Waals surface area contributed by atoms with Gasteiger partial charge in [0.05, 0.1) is 0 Å². The van der Waals surface area contributed by atoms with Gasteiger partial charge in [-0.25, -0.2) is 9.97 Å². The summed E-state index contributed by atoms with van der Waals surface area (Å²) in [6.07, 6.45) is -0.803. The predicted octanol–water partition coefficient (Wildman–Crippen LogP) is 2.97. The van der Waals surface area contributed by atoms with Crippen molar-refractivity contribution in [2.75, 3.05) is 12.3 Å². The molecule has 2 aromatic rings. The Kier molecular flexibility index (Phi) is 6.14. The molecule has 2 aromatic heterocycles. The average Bonchev–Trinajstić information content (AvgIpc) is 2.58. The number of carbonyl (C=O) groups is 1. The third kappa shape index (κ3) is 5.16. The highest BCUT2D eigenvalue weighted by Crippen LogP contribution is 2.23. The molecule has 0 fully saturated rings. The minimum Gasteiger partial charge on any atom is -0.468 e. The molecule has 0 aliphatic carbocycles. The van der Waals surface area contributed by atoms with Crippen LogP contribution in [0.3, 0.4) is 0 Å². The Morgan fingerprint density at radius 3 is 2.73 bits per heavy atom. The molecule has 1 atom stereocenters. The van der Waals surface area contributed by atoms with Crippen LogP contribution < -0.4 is 15.8 Å². The van der Waals surface area contributed by atoms with Gasteiger partial charge in [-0.1, -0.05) is 0 Å². The smallest absolute Gasteiger partial charge is 0.422 e. The summed E-state index contributed by atoms with van der Waals surface area (Å²) in [6, 6.07) is 3.09. The number of nitrogens with two attached hydrogens (primary N) is 1. The Hall–Kier alpha value is -2.68. The number of pyridine rings is 2. The fourth-order valence-electron chi connectivity index (χ4n) is 2.32. The summed E-state index contributed by atoms with van der Waals surface area (Å²) in [4.78, 5) is 19.0. The lowest BCUT2D eigenvalue weighted by Crippen LogP contribution is -2.21. The van der Waals surface area contributed by atoms with E-state index in [1.165, 1.54) is 12.4 Å². The van der Waals surface area contributed by atoms with Crippen molar-refractivity contribution in [1.82, 2.24) is 15.3 Å². The predicted molar refractivity (Wildman–Crippen MR) is 89.8 cm³/mol. The maximum absolute atomic E-state index is 12.2. The molecule has 0 bridgehead atoms. The largest absolute Gasteiger partial charge is 0.468 e. The van der Waals surface area contributed by atoms with Gasteiger partial charge in [-0.05, 0) is 31.5 Å². The van der Waals surface area contributed by atoms with Gasteiger partial charge in [0, 0.05) is 41.7 Å². The van der Waals surface area contributed by atoms with E-state index in [0.717, 1.165) is 5.56 Å². The number of hydrogen-bond acceptors (Lipinski definition) is 6. The Morgan fingerprint density at radius 2 is 2.12 bits per heavy atom. The van der Waals surface area contributed by atoms with Crippen LogP contribution in [0.2, 0.25) is 0 Å². The summed E-state index contributed by atoms with van der Waals surface area (Å²) in [5, 5.41) is 3.19. The second-order valence-corrected chi connectivity index (χ2v) is 5.78. The van der Waals surface area contributed by atoms with Crippen molar-refractivity contribution in [1.29, 1.82) is 0 Å². The molecule has 140 valence electrons. The fourth-order valence-corrected chi connectivity index (χ4v) is 2.32. The van der Waals surface area contributed by atoms with E-state index in [2.05, 4.69) is 15.3 Å². The first-order valence-corrected chi connectivity index (χ1v) is 7.79. The third-order valence-corrected chi connectivity index (χ3v) is 3.76. The molecule has 9 heteroatoms. The van der Waals surface area contributed by atoms with Gasteiger partial charge in [-0.15, -0.1) is 0 Å². The number of aldehydes is 1. The molecule has 26 heavy (non-hydrogen) atoms. The molecule has 0 amide bonds. The zero-order valence-electron chi connectivity index (χ0n) is 14.3. The fraction of sp³-hybridized carbons (Fsp3) is 0.353. The van der Waals surface area contributed by atoms with Crippen molar-refractivity contribution in [3.05, 3.63) is 46.8 Å². The molecule has 0 aromatic carbocycles.